The molecule has 0 radical (unpaired) electrons. The molecule has 0 saturated carbocycles. The van der Waals surface area contributed by atoms with Gasteiger partial charge in [0.15, 0.2) is 0 Å². The molecular weight excluding hydrogens is 288 g/mol. The summed E-state index contributed by atoms with van der Waals surface area (Å²) in [5.74, 6) is -0.284. The Kier molecular flexibility index (Phi) is 3.88. The molecular formula is C16H15ClN2O2. The molecule has 1 aliphatic carbocycles. The van der Waals surface area contributed by atoms with Crippen LogP contribution in [-0.2, 0) is 24.1 Å². The maximum atomic E-state index is 11.1. The molecule has 3 rings (SSSR count). The summed E-state index contributed by atoms with van der Waals surface area (Å²) in [4.78, 5) is 20.0. The van der Waals surface area contributed by atoms with Crippen LogP contribution in [0.3, 0.4) is 0 Å². The van der Waals surface area contributed by atoms with E-state index in [1.165, 1.54) is 0 Å². The first-order chi connectivity index (χ1) is 10.1. The van der Waals surface area contributed by atoms with E-state index in [0.29, 0.717) is 30.7 Å². The molecule has 1 aromatic carbocycles. The fourth-order valence-electron chi connectivity index (χ4n) is 2.67. The highest BCUT2D eigenvalue weighted by molar-refractivity contribution is 6.30. The van der Waals surface area contributed by atoms with Crippen LogP contribution in [0, 0.1) is 5.92 Å². The van der Waals surface area contributed by atoms with Crippen molar-refractivity contribution in [1.29, 1.82) is 0 Å². The van der Waals surface area contributed by atoms with Crippen LogP contribution >= 0.6 is 11.6 Å². The van der Waals surface area contributed by atoms with Gasteiger partial charge >= 0.3 is 5.97 Å². The lowest BCUT2D eigenvalue weighted by molar-refractivity contribution is -0.142. The van der Waals surface area contributed by atoms with Crippen LogP contribution in [0.2, 0.25) is 5.02 Å². The molecule has 1 aromatic heterocycles. The summed E-state index contributed by atoms with van der Waals surface area (Å²) >= 11 is 5.98. The summed E-state index contributed by atoms with van der Waals surface area (Å²) in [6.07, 6.45) is 4.29. The summed E-state index contributed by atoms with van der Waals surface area (Å²) in [5, 5.41) is 9.79. The van der Waals surface area contributed by atoms with Crippen molar-refractivity contribution in [3.05, 3.63) is 58.1 Å². The van der Waals surface area contributed by atoms with Crippen LogP contribution in [0.5, 0.6) is 0 Å². The first kappa shape index (κ1) is 14.0. The van der Waals surface area contributed by atoms with Gasteiger partial charge in [0, 0.05) is 23.3 Å². The standard InChI is InChI=1S/C16H15ClN2O2/c17-13-3-1-2-10(6-13)7-15-18-9-12-8-11(16(20)21)4-5-14(12)19-15/h1-3,6,9,11H,4-5,7-8H2,(H,20,21). The molecule has 0 aliphatic heterocycles. The number of hydrogen-bond acceptors (Lipinski definition) is 3. The number of halogens is 1. The number of carbonyl (C=O) groups is 1. The zero-order chi connectivity index (χ0) is 14.8. The highest BCUT2D eigenvalue weighted by Crippen LogP contribution is 2.24. The summed E-state index contributed by atoms with van der Waals surface area (Å²) in [7, 11) is 0. The van der Waals surface area contributed by atoms with Gasteiger partial charge in [-0.25, -0.2) is 9.97 Å². The van der Waals surface area contributed by atoms with E-state index in [1.54, 1.807) is 6.20 Å². The molecule has 1 heterocycles. The van der Waals surface area contributed by atoms with Crippen LogP contribution in [0.1, 0.15) is 29.1 Å². The van der Waals surface area contributed by atoms with Gasteiger partial charge < -0.3 is 5.11 Å². The molecule has 1 atom stereocenters. The average Bonchev–Trinajstić information content (AvgIpc) is 2.46. The number of carboxylic acids is 1. The van der Waals surface area contributed by atoms with Crippen molar-refractivity contribution in [1.82, 2.24) is 9.97 Å². The van der Waals surface area contributed by atoms with Crippen LogP contribution in [0.25, 0.3) is 0 Å². The third-order valence-electron chi connectivity index (χ3n) is 3.80. The Morgan fingerprint density at radius 2 is 2.29 bits per heavy atom. The van der Waals surface area contributed by atoms with Crippen LogP contribution in [-0.4, -0.2) is 21.0 Å². The van der Waals surface area contributed by atoms with Gasteiger partial charge in [0.1, 0.15) is 5.82 Å². The minimum absolute atomic E-state index is 0.306. The van der Waals surface area contributed by atoms with E-state index in [4.69, 9.17) is 16.7 Å². The van der Waals surface area contributed by atoms with Gasteiger partial charge in [-0.05, 0) is 42.5 Å². The Balaban J connectivity index is 1.79. The molecule has 5 heteroatoms. The summed E-state index contributed by atoms with van der Waals surface area (Å²) in [6.45, 7) is 0. The van der Waals surface area contributed by atoms with Crippen LogP contribution in [0.15, 0.2) is 30.5 Å². The molecule has 108 valence electrons. The molecule has 0 saturated heterocycles. The average molecular weight is 303 g/mol. The van der Waals surface area contributed by atoms with E-state index in [2.05, 4.69) is 9.97 Å². The Hall–Kier alpha value is -1.94. The van der Waals surface area contributed by atoms with Crippen molar-refractivity contribution < 1.29 is 9.90 Å². The maximum Gasteiger partial charge on any atom is 0.306 e. The van der Waals surface area contributed by atoms with Gasteiger partial charge in [-0.3, -0.25) is 4.79 Å². The zero-order valence-electron chi connectivity index (χ0n) is 11.4. The molecule has 21 heavy (non-hydrogen) atoms. The minimum Gasteiger partial charge on any atom is -0.481 e. The molecule has 1 unspecified atom stereocenters. The molecule has 2 aromatic rings. The Bertz CT molecular complexity index is 688. The molecule has 0 fully saturated rings. The summed E-state index contributed by atoms with van der Waals surface area (Å²) in [5.41, 5.74) is 3.02. The molecule has 0 bridgehead atoms. The molecule has 0 amide bonds. The Morgan fingerprint density at radius 1 is 1.43 bits per heavy atom. The molecule has 1 aliphatic rings. The first-order valence-corrected chi connectivity index (χ1v) is 7.30. The van der Waals surface area contributed by atoms with Gasteiger partial charge in [0.05, 0.1) is 5.92 Å². The topological polar surface area (TPSA) is 63.1 Å². The number of aromatic nitrogens is 2. The number of aliphatic carboxylic acids is 1. The van der Waals surface area contributed by atoms with Crippen LogP contribution < -0.4 is 0 Å². The smallest absolute Gasteiger partial charge is 0.306 e. The zero-order valence-corrected chi connectivity index (χ0v) is 12.2. The quantitative estimate of drug-likeness (QED) is 0.947. The Morgan fingerprint density at radius 3 is 3.05 bits per heavy atom. The fraction of sp³-hybridized carbons (Fsp3) is 0.312. The number of carboxylic acid groups (broad SMARTS) is 1. The van der Waals surface area contributed by atoms with Crippen molar-refractivity contribution in [2.24, 2.45) is 5.92 Å². The molecule has 4 nitrogen and oxygen atoms in total. The van der Waals surface area contributed by atoms with E-state index in [9.17, 15) is 4.79 Å². The van der Waals surface area contributed by atoms with Crippen molar-refractivity contribution in [2.75, 3.05) is 0 Å². The summed E-state index contributed by atoms with van der Waals surface area (Å²) < 4.78 is 0. The lowest BCUT2D eigenvalue weighted by Crippen LogP contribution is -2.23. The van der Waals surface area contributed by atoms with Gasteiger partial charge in [-0.1, -0.05) is 23.7 Å². The van der Waals surface area contributed by atoms with Gasteiger partial charge in [-0.2, -0.15) is 0 Å². The predicted octanol–water partition coefficient (Wildman–Crippen LogP) is 2.91. The van der Waals surface area contributed by atoms with Crippen molar-refractivity contribution >= 4 is 17.6 Å². The maximum absolute atomic E-state index is 11.1. The number of rotatable bonds is 3. The van der Waals surface area contributed by atoms with Crippen molar-refractivity contribution in [3.8, 4) is 0 Å². The number of benzene rings is 1. The van der Waals surface area contributed by atoms with Crippen LogP contribution in [0.4, 0.5) is 0 Å². The minimum atomic E-state index is -0.733. The lowest BCUT2D eigenvalue weighted by Gasteiger charge is -2.20. The number of nitrogens with zero attached hydrogens (tertiary/aromatic N) is 2. The highest BCUT2D eigenvalue weighted by atomic mass is 35.5. The monoisotopic (exact) mass is 302 g/mol. The second-order valence-corrected chi connectivity index (χ2v) is 5.78. The first-order valence-electron chi connectivity index (χ1n) is 6.93. The van der Waals surface area contributed by atoms with E-state index in [0.717, 1.165) is 22.6 Å². The van der Waals surface area contributed by atoms with Gasteiger partial charge in [0.25, 0.3) is 0 Å². The molecule has 1 N–H and O–H groups in total. The second kappa shape index (κ2) is 5.82. The largest absolute Gasteiger partial charge is 0.481 e. The van der Waals surface area contributed by atoms with E-state index >= 15 is 0 Å². The number of fused-ring (bicyclic) bond motifs is 1. The predicted molar refractivity (Wildman–Crippen MR) is 79.4 cm³/mol. The van der Waals surface area contributed by atoms with Crippen molar-refractivity contribution in [2.45, 2.75) is 25.7 Å². The van der Waals surface area contributed by atoms with Crippen molar-refractivity contribution in [3.63, 3.8) is 0 Å². The lowest BCUT2D eigenvalue weighted by atomic mass is 9.87. The molecule has 0 spiro atoms. The van der Waals surface area contributed by atoms with E-state index in [1.807, 2.05) is 24.3 Å². The second-order valence-electron chi connectivity index (χ2n) is 5.34. The number of aryl methyl sites for hydroxylation is 1. The SMILES string of the molecule is O=C(O)C1CCc2nc(Cc3cccc(Cl)c3)ncc2C1. The highest BCUT2D eigenvalue weighted by Gasteiger charge is 2.25. The van der Waals surface area contributed by atoms with E-state index in [-0.39, 0.29) is 5.92 Å². The van der Waals surface area contributed by atoms with Gasteiger partial charge in [0.2, 0.25) is 0 Å². The Labute approximate surface area is 127 Å². The number of hydrogen-bond donors (Lipinski definition) is 1. The normalized spacial score (nSPS) is 17.3. The summed E-state index contributed by atoms with van der Waals surface area (Å²) in [6, 6.07) is 7.65. The fourth-order valence-corrected chi connectivity index (χ4v) is 2.89. The third-order valence-corrected chi connectivity index (χ3v) is 4.04. The third kappa shape index (κ3) is 3.22. The van der Waals surface area contributed by atoms with Gasteiger partial charge in [-0.15, -0.1) is 0 Å². The van der Waals surface area contributed by atoms with E-state index < -0.39 is 5.97 Å².